The molecule has 0 aromatic carbocycles. The first-order valence-corrected chi connectivity index (χ1v) is 5.47. The van der Waals surface area contributed by atoms with Crippen LogP contribution < -0.4 is 0 Å². The quantitative estimate of drug-likeness (QED) is 0.794. The molecule has 0 aliphatic heterocycles. The van der Waals surface area contributed by atoms with E-state index >= 15 is 0 Å². The monoisotopic (exact) mass is 267 g/mol. The van der Waals surface area contributed by atoms with Gasteiger partial charge in [0, 0.05) is 19.4 Å². The van der Waals surface area contributed by atoms with Crippen LogP contribution in [0.4, 0.5) is 8.78 Å². The van der Waals surface area contributed by atoms with E-state index in [9.17, 15) is 13.6 Å². The SMILES string of the molecule is Cn1ccc(-c2cc(C(=O)OCC(F)F)ccn2)n1. The Labute approximate surface area is 107 Å². The number of carbonyl (C=O) groups excluding carboxylic acids is 1. The lowest BCUT2D eigenvalue weighted by molar-refractivity contribution is 0.0160. The van der Waals surface area contributed by atoms with Gasteiger partial charge in [-0.1, -0.05) is 0 Å². The molecule has 0 unspecified atom stereocenters. The lowest BCUT2D eigenvalue weighted by Gasteiger charge is -2.04. The van der Waals surface area contributed by atoms with Crippen molar-refractivity contribution in [2.75, 3.05) is 6.61 Å². The van der Waals surface area contributed by atoms with E-state index < -0.39 is 19.0 Å². The van der Waals surface area contributed by atoms with E-state index in [1.807, 2.05) is 0 Å². The number of halogens is 2. The maximum Gasteiger partial charge on any atom is 0.338 e. The van der Waals surface area contributed by atoms with Crippen LogP contribution in [0.15, 0.2) is 30.6 Å². The van der Waals surface area contributed by atoms with Crippen molar-refractivity contribution in [3.05, 3.63) is 36.2 Å². The highest BCUT2D eigenvalue weighted by molar-refractivity contribution is 5.90. The van der Waals surface area contributed by atoms with Crippen LogP contribution in [0.25, 0.3) is 11.4 Å². The van der Waals surface area contributed by atoms with Crippen molar-refractivity contribution in [2.45, 2.75) is 6.43 Å². The molecule has 2 rings (SSSR count). The van der Waals surface area contributed by atoms with Gasteiger partial charge in [-0.05, 0) is 18.2 Å². The van der Waals surface area contributed by atoms with E-state index in [-0.39, 0.29) is 5.56 Å². The summed E-state index contributed by atoms with van der Waals surface area (Å²) in [5.41, 5.74) is 1.23. The molecule has 100 valence electrons. The second-order valence-corrected chi connectivity index (χ2v) is 3.79. The molecule has 0 saturated heterocycles. The maximum atomic E-state index is 12.0. The number of alkyl halides is 2. The smallest absolute Gasteiger partial charge is 0.338 e. The molecule has 5 nitrogen and oxygen atoms in total. The van der Waals surface area contributed by atoms with Crippen LogP contribution in [0.1, 0.15) is 10.4 Å². The number of pyridine rings is 1. The van der Waals surface area contributed by atoms with Gasteiger partial charge in [0.2, 0.25) is 0 Å². The summed E-state index contributed by atoms with van der Waals surface area (Å²) in [7, 11) is 1.75. The van der Waals surface area contributed by atoms with Crippen molar-refractivity contribution >= 4 is 5.97 Å². The highest BCUT2D eigenvalue weighted by atomic mass is 19.3. The standard InChI is InChI=1S/C12H11F2N3O2/c1-17-5-3-9(16-17)10-6-8(2-4-15-10)12(18)19-7-11(13)14/h2-6,11H,7H2,1H3. The highest BCUT2D eigenvalue weighted by Gasteiger charge is 2.13. The van der Waals surface area contributed by atoms with Crippen LogP contribution in [0.3, 0.4) is 0 Å². The highest BCUT2D eigenvalue weighted by Crippen LogP contribution is 2.15. The number of carbonyl (C=O) groups is 1. The fourth-order valence-electron chi connectivity index (χ4n) is 1.47. The molecule has 2 aromatic rings. The van der Waals surface area contributed by atoms with Gasteiger partial charge in [0.25, 0.3) is 6.43 Å². The van der Waals surface area contributed by atoms with Crippen LogP contribution >= 0.6 is 0 Å². The normalized spacial score (nSPS) is 10.7. The zero-order valence-corrected chi connectivity index (χ0v) is 10.1. The molecule has 0 radical (unpaired) electrons. The molecule has 0 bridgehead atoms. The summed E-state index contributed by atoms with van der Waals surface area (Å²) in [6.45, 7) is -0.917. The number of hydrogen-bond acceptors (Lipinski definition) is 4. The van der Waals surface area contributed by atoms with Gasteiger partial charge in [-0.2, -0.15) is 5.10 Å². The van der Waals surface area contributed by atoms with Crippen LogP contribution in [-0.2, 0) is 11.8 Å². The molecule has 0 N–H and O–H groups in total. The maximum absolute atomic E-state index is 12.0. The van der Waals surface area contributed by atoms with Crippen LogP contribution in [0, 0.1) is 0 Å². The van der Waals surface area contributed by atoms with Crippen molar-refractivity contribution in [1.82, 2.24) is 14.8 Å². The number of hydrogen-bond donors (Lipinski definition) is 0. The molecule has 0 amide bonds. The van der Waals surface area contributed by atoms with E-state index in [1.54, 1.807) is 24.0 Å². The Morgan fingerprint density at radius 3 is 2.84 bits per heavy atom. The molecule has 7 heteroatoms. The summed E-state index contributed by atoms with van der Waals surface area (Å²) in [5, 5.41) is 4.14. The first-order chi connectivity index (χ1) is 9.06. The number of esters is 1. The average molecular weight is 267 g/mol. The van der Waals surface area contributed by atoms with Crippen LogP contribution in [0.2, 0.25) is 0 Å². The van der Waals surface area contributed by atoms with E-state index in [4.69, 9.17) is 0 Å². The molecular formula is C12H11F2N3O2. The Morgan fingerprint density at radius 2 is 2.21 bits per heavy atom. The number of aromatic nitrogens is 3. The van der Waals surface area contributed by atoms with Gasteiger partial charge in [-0.15, -0.1) is 0 Å². The summed E-state index contributed by atoms with van der Waals surface area (Å²) in [4.78, 5) is 15.6. The fraction of sp³-hybridized carbons (Fsp3) is 0.250. The minimum absolute atomic E-state index is 0.163. The Morgan fingerprint density at radius 1 is 1.42 bits per heavy atom. The third kappa shape index (κ3) is 3.34. The van der Waals surface area contributed by atoms with Crippen molar-refractivity contribution in [1.29, 1.82) is 0 Å². The Kier molecular flexibility index (Phi) is 3.84. The Hall–Kier alpha value is -2.31. The van der Waals surface area contributed by atoms with Gasteiger partial charge in [0.1, 0.15) is 5.69 Å². The first-order valence-electron chi connectivity index (χ1n) is 5.47. The van der Waals surface area contributed by atoms with Gasteiger partial charge in [0.05, 0.1) is 11.3 Å². The zero-order valence-electron chi connectivity index (χ0n) is 10.1. The largest absolute Gasteiger partial charge is 0.456 e. The summed E-state index contributed by atoms with van der Waals surface area (Å²) < 4.78 is 30.0. The zero-order chi connectivity index (χ0) is 13.8. The minimum Gasteiger partial charge on any atom is -0.456 e. The summed E-state index contributed by atoms with van der Waals surface area (Å²) in [6, 6.07) is 4.59. The summed E-state index contributed by atoms with van der Waals surface area (Å²) in [5.74, 6) is -0.806. The number of aryl methyl sites for hydroxylation is 1. The summed E-state index contributed by atoms with van der Waals surface area (Å²) >= 11 is 0. The predicted molar refractivity (Wildman–Crippen MR) is 62.7 cm³/mol. The van der Waals surface area contributed by atoms with Gasteiger partial charge in [0.15, 0.2) is 6.61 Å². The summed E-state index contributed by atoms with van der Waals surface area (Å²) in [6.07, 6.45) is 0.461. The van der Waals surface area contributed by atoms with E-state index in [0.29, 0.717) is 11.4 Å². The number of ether oxygens (including phenoxy) is 1. The second-order valence-electron chi connectivity index (χ2n) is 3.79. The topological polar surface area (TPSA) is 57.0 Å². The lowest BCUT2D eigenvalue weighted by Crippen LogP contribution is -2.11. The Bertz CT molecular complexity index is 584. The van der Waals surface area contributed by atoms with Gasteiger partial charge < -0.3 is 4.74 Å². The van der Waals surface area contributed by atoms with E-state index in [0.717, 1.165) is 0 Å². The molecule has 0 spiro atoms. The molecule has 0 aliphatic carbocycles. The van der Waals surface area contributed by atoms with Crippen molar-refractivity contribution in [3.63, 3.8) is 0 Å². The third-order valence-corrected chi connectivity index (χ3v) is 2.31. The van der Waals surface area contributed by atoms with Gasteiger partial charge >= 0.3 is 5.97 Å². The van der Waals surface area contributed by atoms with Gasteiger partial charge in [-0.25, -0.2) is 13.6 Å². The van der Waals surface area contributed by atoms with Crippen molar-refractivity contribution in [2.24, 2.45) is 7.05 Å². The Balaban J connectivity index is 2.17. The predicted octanol–water partition coefficient (Wildman–Crippen LogP) is 1.90. The van der Waals surface area contributed by atoms with Gasteiger partial charge in [-0.3, -0.25) is 9.67 Å². The fourth-order valence-corrected chi connectivity index (χ4v) is 1.47. The average Bonchev–Trinajstić information content (AvgIpc) is 2.83. The first kappa shape index (κ1) is 13.1. The molecular weight excluding hydrogens is 256 g/mol. The molecule has 2 heterocycles. The molecule has 19 heavy (non-hydrogen) atoms. The molecule has 0 aliphatic rings. The second kappa shape index (κ2) is 5.55. The molecule has 0 saturated carbocycles. The number of nitrogens with zero attached hydrogens (tertiary/aromatic N) is 3. The van der Waals surface area contributed by atoms with Crippen molar-refractivity contribution < 1.29 is 18.3 Å². The van der Waals surface area contributed by atoms with Crippen LogP contribution in [-0.4, -0.2) is 33.8 Å². The van der Waals surface area contributed by atoms with Crippen LogP contribution in [0.5, 0.6) is 0 Å². The number of rotatable bonds is 4. The molecule has 0 atom stereocenters. The molecule has 2 aromatic heterocycles. The van der Waals surface area contributed by atoms with E-state index in [2.05, 4.69) is 14.8 Å². The van der Waals surface area contributed by atoms with Crippen molar-refractivity contribution in [3.8, 4) is 11.4 Å². The minimum atomic E-state index is -2.68. The lowest BCUT2D eigenvalue weighted by atomic mass is 10.2. The van der Waals surface area contributed by atoms with E-state index in [1.165, 1.54) is 18.3 Å². The third-order valence-electron chi connectivity index (χ3n) is 2.31. The molecule has 0 fully saturated rings.